The summed E-state index contributed by atoms with van der Waals surface area (Å²) in [4.78, 5) is 13.5. The third-order valence-corrected chi connectivity index (χ3v) is 8.11. The summed E-state index contributed by atoms with van der Waals surface area (Å²) in [5.74, 6) is -0.381. The van der Waals surface area contributed by atoms with E-state index in [1.54, 1.807) is 36.0 Å². The first-order chi connectivity index (χ1) is 18.9. The molecular formula is C29H30FN9. The summed E-state index contributed by atoms with van der Waals surface area (Å²) >= 11 is 0. The summed E-state index contributed by atoms with van der Waals surface area (Å²) in [6.45, 7) is 3.22. The number of benzene rings is 1. The molecule has 2 aliphatic rings. The maximum absolute atomic E-state index is 15.1. The number of nitrogens with one attached hydrogen (secondary N) is 1. The van der Waals surface area contributed by atoms with E-state index < -0.39 is 5.82 Å². The van der Waals surface area contributed by atoms with Crippen molar-refractivity contribution >= 4 is 5.82 Å². The van der Waals surface area contributed by atoms with Crippen molar-refractivity contribution < 1.29 is 4.39 Å². The van der Waals surface area contributed by atoms with Crippen LogP contribution in [0.15, 0.2) is 42.6 Å². The molecule has 1 spiro atoms. The molecule has 1 aliphatic heterocycles. The van der Waals surface area contributed by atoms with Gasteiger partial charge in [-0.2, -0.15) is 5.26 Å². The van der Waals surface area contributed by atoms with E-state index in [2.05, 4.69) is 37.7 Å². The van der Waals surface area contributed by atoms with Gasteiger partial charge in [-0.25, -0.2) is 19.0 Å². The molecule has 3 aromatic heterocycles. The molecule has 6 rings (SSSR count). The van der Waals surface area contributed by atoms with E-state index in [1.807, 2.05) is 12.1 Å². The SMILES string of the molecule is Cc1c(C#N)cccc1-c1nc(N)c(F)c(-c2cn(Cc3cccc(C4CCNC5(CCCC5)C4)n3)nn2)n1. The zero-order chi connectivity index (χ0) is 27.0. The Kier molecular flexibility index (Phi) is 6.53. The lowest BCUT2D eigenvalue weighted by Gasteiger charge is -2.39. The summed E-state index contributed by atoms with van der Waals surface area (Å²) in [6, 6.07) is 13.5. The lowest BCUT2D eigenvalue weighted by Crippen LogP contribution is -2.48. The summed E-state index contributed by atoms with van der Waals surface area (Å²) in [6.07, 6.45) is 8.95. The van der Waals surface area contributed by atoms with Gasteiger partial charge >= 0.3 is 0 Å². The normalized spacial score (nSPS) is 18.3. The van der Waals surface area contributed by atoms with Crippen molar-refractivity contribution in [3.63, 3.8) is 0 Å². The van der Waals surface area contributed by atoms with Crippen LogP contribution in [0.3, 0.4) is 0 Å². The first kappa shape index (κ1) is 25.1. The number of pyridine rings is 1. The predicted molar refractivity (Wildman–Crippen MR) is 145 cm³/mol. The molecule has 1 unspecified atom stereocenters. The first-order valence-electron chi connectivity index (χ1n) is 13.4. The minimum absolute atomic E-state index is 0.0382. The highest BCUT2D eigenvalue weighted by Gasteiger charge is 2.39. The minimum atomic E-state index is -0.758. The van der Waals surface area contributed by atoms with Crippen molar-refractivity contribution in [1.29, 1.82) is 5.26 Å². The number of hydrogen-bond donors (Lipinski definition) is 2. The predicted octanol–water partition coefficient (Wildman–Crippen LogP) is 4.53. The fourth-order valence-corrected chi connectivity index (χ4v) is 6.06. The molecule has 1 aliphatic carbocycles. The highest BCUT2D eigenvalue weighted by Crippen LogP contribution is 2.41. The Hall–Kier alpha value is -4.23. The van der Waals surface area contributed by atoms with Crippen LogP contribution in [0.5, 0.6) is 0 Å². The molecule has 9 nitrogen and oxygen atoms in total. The number of nitrogens with two attached hydrogens (primary N) is 1. The molecule has 1 atom stereocenters. The smallest absolute Gasteiger partial charge is 0.193 e. The molecule has 3 N–H and O–H groups in total. The zero-order valence-corrected chi connectivity index (χ0v) is 21.9. The molecule has 1 saturated heterocycles. The Balaban J connectivity index is 1.25. The Morgan fingerprint density at radius 3 is 2.79 bits per heavy atom. The van der Waals surface area contributed by atoms with Crippen molar-refractivity contribution in [1.82, 2.24) is 35.3 Å². The van der Waals surface area contributed by atoms with Gasteiger partial charge in [0.2, 0.25) is 0 Å². The Labute approximate surface area is 226 Å². The number of nitrogens with zero attached hydrogens (tertiary/aromatic N) is 7. The largest absolute Gasteiger partial charge is 0.381 e. The second-order valence-corrected chi connectivity index (χ2v) is 10.6. The van der Waals surface area contributed by atoms with Gasteiger partial charge in [0, 0.05) is 22.7 Å². The topological polar surface area (TPSA) is 131 Å². The number of nitriles is 1. The van der Waals surface area contributed by atoms with Crippen LogP contribution < -0.4 is 11.1 Å². The van der Waals surface area contributed by atoms with Gasteiger partial charge < -0.3 is 11.1 Å². The van der Waals surface area contributed by atoms with Crippen molar-refractivity contribution in [3.05, 3.63) is 70.9 Å². The summed E-state index contributed by atoms with van der Waals surface area (Å²) in [5.41, 5.74) is 10.2. The Morgan fingerprint density at radius 1 is 1.15 bits per heavy atom. The van der Waals surface area contributed by atoms with Gasteiger partial charge in [0.25, 0.3) is 0 Å². The van der Waals surface area contributed by atoms with Crippen molar-refractivity contribution in [3.8, 4) is 28.8 Å². The Morgan fingerprint density at radius 2 is 1.97 bits per heavy atom. The Bertz CT molecular complexity index is 1570. The summed E-state index contributed by atoms with van der Waals surface area (Å²) < 4.78 is 16.7. The van der Waals surface area contributed by atoms with Crippen molar-refractivity contribution in [2.24, 2.45) is 0 Å². The molecule has 4 aromatic rings. The highest BCUT2D eigenvalue weighted by molar-refractivity contribution is 5.69. The van der Waals surface area contributed by atoms with Crippen LogP contribution >= 0.6 is 0 Å². The van der Waals surface area contributed by atoms with Gasteiger partial charge in [-0.1, -0.05) is 36.3 Å². The minimum Gasteiger partial charge on any atom is -0.381 e. The van der Waals surface area contributed by atoms with Crippen LogP contribution in [0.1, 0.15) is 67.0 Å². The number of hydrogen-bond acceptors (Lipinski definition) is 8. The molecule has 1 saturated carbocycles. The summed E-state index contributed by atoms with van der Waals surface area (Å²) in [7, 11) is 0. The maximum atomic E-state index is 15.1. The molecule has 0 radical (unpaired) electrons. The standard InChI is InChI=1S/C29H30FN9/c1-18-20(15-31)6-4-8-22(18)28-35-26(25(30)27(32)36-28)24-17-39(38-37-24)16-21-7-5-9-23(34-21)19-10-13-33-29(14-19)11-2-3-12-29/h4-9,17,19,33H,2-3,10-14,16H2,1H3,(H2,32,35,36). The van der Waals surface area contributed by atoms with E-state index in [0.717, 1.165) is 30.8 Å². The summed E-state index contributed by atoms with van der Waals surface area (Å²) in [5, 5.41) is 21.6. The molecule has 198 valence electrons. The lowest BCUT2D eigenvalue weighted by atomic mass is 9.79. The molecule has 0 amide bonds. The number of rotatable bonds is 5. The van der Waals surface area contributed by atoms with Crippen molar-refractivity contribution in [2.45, 2.75) is 63.5 Å². The number of aromatic nitrogens is 6. The van der Waals surface area contributed by atoms with E-state index in [4.69, 9.17) is 10.7 Å². The van der Waals surface area contributed by atoms with E-state index >= 15 is 4.39 Å². The van der Waals surface area contributed by atoms with Crippen LogP contribution in [0.2, 0.25) is 0 Å². The molecule has 2 fully saturated rings. The molecule has 1 aromatic carbocycles. The second kappa shape index (κ2) is 10.2. The van der Waals surface area contributed by atoms with Crippen molar-refractivity contribution in [2.75, 3.05) is 12.3 Å². The first-order valence-corrected chi connectivity index (χ1v) is 13.4. The van der Waals surface area contributed by atoms with E-state index in [9.17, 15) is 5.26 Å². The monoisotopic (exact) mass is 523 g/mol. The molecular weight excluding hydrogens is 493 g/mol. The zero-order valence-electron chi connectivity index (χ0n) is 21.9. The number of anilines is 1. The quantitative estimate of drug-likeness (QED) is 0.390. The van der Waals surface area contributed by atoms with Gasteiger partial charge in [0.15, 0.2) is 17.5 Å². The highest BCUT2D eigenvalue weighted by atomic mass is 19.1. The van der Waals surface area contributed by atoms with Crippen LogP contribution in [-0.4, -0.2) is 42.0 Å². The molecule has 39 heavy (non-hydrogen) atoms. The average Bonchev–Trinajstić information content (AvgIpc) is 3.60. The van der Waals surface area contributed by atoms with Gasteiger partial charge in [0.05, 0.1) is 30.1 Å². The van der Waals surface area contributed by atoms with Crippen LogP contribution in [-0.2, 0) is 6.54 Å². The van der Waals surface area contributed by atoms with E-state index in [-0.39, 0.29) is 28.6 Å². The van der Waals surface area contributed by atoms with Crippen LogP contribution in [0.25, 0.3) is 22.8 Å². The third kappa shape index (κ3) is 4.86. The van der Waals surface area contributed by atoms with Crippen LogP contribution in [0, 0.1) is 24.1 Å². The molecule has 10 heteroatoms. The fourth-order valence-electron chi connectivity index (χ4n) is 6.06. The molecule has 0 bridgehead atoms. The van der Waals surface area contributed by atoms with Gasteiger partial charge in [-0.05, 0) is 62.9 Å². The maximum Gasteiger partial charge on any atom is 0.193 e. The number of halogens is 1. The average molecular weight is 524 g/mol. The fraction of sp³-hybridized carbons (Fsp3) is 0.379. The van der Waals surface area contributed by atoms with Gasteiger partial charge in [0.1, 0.15) is 11.4 Å². The van der Waals surface area contributed by atoms with Gasteiger partial charge in [-0.15, -0.1) is 5.10 Å². The number of nitrogen functional groups attached to an aromatic ring is 1. The van der Waals surface area contributed by atoms with Gasteiger partial charge in [-0.3, -0.25) is 4.98 Å². The lowest BCUT2D eigenvalue weighted by molar-refractivity contribution is 0.234. The van der Waals surface area contributed by atoms with Crippen LogP contribution in [0.4, 0.5) is 10.2 Å². The van der Waals surface area contributed by atoms with E-state index in [0.29, 0.717) is 29.2 Å². The van der Waals surface area contributed by atoms with E-state index in [1.165, 1.54) is 25.7 Å². The molecule has 4 heterocycles. The number of piperidine rings is 1. The second-order valence-electron chi connectivity index (χ2n) is 10.6. The third-order valence-electron chi connectivity index (χ3n) is 8.11.